The van der Waals surface area contributed by atoms with Crippen LogP contribution < -0.4 is 9.62 Å². The van der Waals surface area contributed by atoms with Crippen molar-refractivity contribution in [3.8, 4) is 6.07 Å². The second kappa shape index (κ2) is 9.08. The van der Waals surface area contributed by atoms with Crippen LogP contribution in [0.4, 0.5) is 11.5 Å². The van der Waals surface area contributed by atoms with E-state index >= 15 is 0 Å². The molecule has 0 saturated carbocycles. The maximum atomic E-state index is 12.9. The Morgan fingerprint density at radius 1 is 0.938 bits per heavy atom. The van der Waals surface area contributed by atoms with Gasteiger partial charge in [0.05, 0.1) is 10.5 Å². The molecule has 0 spiro atoms. The molecule has 1 aliphatic rings. The molecule has 2 heterocycles. The van der Waals surface area contributed by atoms with Gasteiger partial charge in [0.1, 0.15) is 11.9 Å². The summed E-state index contributed by atoms with van der Waals surface area (Å²) in [6, 6.07) is 20.1. The lowest BCUT2D eigenvalue weighted by Gasteiger charge is -2.35. The van der Waals surface area contributed by atoms with Crippen LogP contribution in [-0.2, 0) is 10.0 Å². The summed E-state index contributed by atoms with van der Waals surface area (Å²) in [6.07, 6.45) is 1.65. The molecule has 4 rings (SSSR count). The first-order chi connectivity index (χ1) is 15.5. The number of anilines is 2. The standard InChI is InChI=1S/C23H21N5O3S/c24-17-19-5-4-12-25-22(19)27-13-15-28(16-14-27)23(29)18-8-10-21(11-9-18)32(30,31)26-20-6-2-1-3-7-20/h1-12,26H,13-16H2. The monoisotopic (exact) mass is 447 g/mol. The zero-order chi connectivity index (χ0) is 22.6. The van der Waals surface area contributed by atoms with Crippen molar-refractivity contribution in [2.24, 2.45) is 0 Å². The van der Waals surface area contributed by atoms with Gasteiger partial charge in [-0.15, -0.1) is 0 Å². The number of nitrogens with one attached hydrogen (secondary N) is 1. The number of piperazine rings is 1. The number of rotatable bonds is 5. The number of sulfonamides is 1. The molecule has 0 atom stereocenters. The number of para-hydroxylation sites is 1. The van der Waals surface area contributed by atoms with Crippen LogP contribution in [0.25, 0.3) is 0 Å². The van der Waals surface area contributed by atoms with E-state index in [0.29, 0.717) is 48.8 Å². The molecule has 1 N–H and O–H groups in total. The third kappa shape index (κ3) is 4.55. The molecule has 1 aromatic heterocycles. The van der Waals surface area contributed by atoms with Gasteiger partial charge in [0, 0.05) is 43.6 Å². The topological polar surface area (TPSA) is 106 Å². The summed E-state index contributed by atoms with van der Waals surface area (Å²) >= 11 is 0. The Labute approximate surface area is 186 Å². The highest BCUT2D eigenvalue weighted by Crippen LogP contribution is 2.20. The second-order valence-corrected chi connectivity index (χ2v) is 8.94. The Bertz CT molecular complexity index is 1250. The molecule has 1 amide bonds. The van der Waals surface area contributed by atoms with Crippen molar-refractivity contribution in [2.75, 3.05) is 35.8 Å². The van der Waals surface area contributed by atoms with Gasteiger partial charge in [-0.05, 0) is 48.5 Å². The average Bonchev–Trinajstić information content (AvgIpc) is 2.84. The number of hydrogen-bond donors (Lipinski definition) is 1. The smallest absolute Gasteiger partial charge is 0.261 e. The number of nitriles is 1. The van der Waals surface area contributed by atoms with Crippen LogP contribution in [0.1, 0.15) is 15.9 Å². The minimum Gasteiger partial charge on any atom is -0.352 e. The van der Waals surface area contributed by atoms with Gasteiger partial charge in [-0.25, -0.2) is 13.4 Å². The summed E-state index contributed by atoms with van der Waals surface area (Å²) in [4.78, 5) is 21.0. The lowest BCUT2D eigenvalue weighted by molar-refractivity contribution is 0.0746. The van der Waals surface area contributed by atoms with E-state index in [4.69, 9.17) is 0 Å². The van der Waals surface area contributed by atoms with Gasteiger partial charge in [0.2, 0.25) is 0 Å². The molecule has 0 aliphatic carbocycles. The number of amides is 1. The van der Waals surface area contributed by atoms with Gasteiger partial charge in [-0.1, -0.05) is 18.2 Å². The minimum atomic E-state index is -3.74. The van der Waals surface area contributed by atoms with Crippen LogP contribution in [0.15, 0.2) is 77.8 Å². The number of carbonyl (C=O) groups excluding carboxylic acids is 1. The van der Waals surface area contributed by atoms with Gasteiger partial charge in [0.15, 0.2) is 0 Å². The number of carbonyl (C=O) groups is 1. The van der Waals surface area contributed by atoms with Crippen molar-refractivity contribution in [1.29, 1.82) is 5.26 Å². The van der Waals surface area contributed by atoms with Crippen LogP contribution in [0.3, 0.4) is 0 Å². The summed E-state index contributed by atoms with van der Waals surface area (Å²) in [7, 11) is -3.74. The normalized spacial score (nSPS) is 14.0. The average molecular weight is 448 g/mol. The fraction of sp³-hybridized carbons (Fsp3) is 0.174. The summed E-state index contributed by atoms with van der Waals surface area (Å²) in [5.74, 6) is 0.466. The van der Waals surface area contributed by atoms with Crippen LogP contribution >= 0.6 is 0 Å². The molecule has 3 aromatic rings. The molecule has 1 fully saturated rings. The highest BCUT2D eigenvalue weighted by Gasteiger charge is 2.24. The SMILES string of the molecule is N#Cc1cccnc1N1CCN(C(=O)c2ccc(S(=O)(=O)Nc3ccccc3)cc2)CC1. The number of nitrogens with zero attached hydrogens (tertiary/aromatic N) is 4. The molecule has 8 nitrogen and oxygen atoms in total. The first kappa shape index (κ1) is 21.3. The van der Waals surface area contributed by atoms with Crippen LogP contribution in [0.2, 0.25) is 0 Å². The summed E-state index contributed by atoms with van der Waals surface area (Å²) in [6.45, 7) is 2.08. The number of aromatic nitrogens is 1. The summed E-state index contributed by atoms with van der Waals surface area (Å²) in [5.41, 5.74) is 1.40. The van der Waals surface area contributed by atoms with E-state index in [1.54, 1.807) is 53.6 Å². The third-order valence-electron chi connectivity index (χ3n) is 5.21. The maximum absolute atomic E-state index is 12.9. The first-order valence-electron chi connectivity index (χ1n) is 10.1. The van der Waals surface area contributed by atoms with E-state index in [1.165, 1.54) is 24.3 Å². The predicted octanol–water partition coefficient (Wildman–Crippen LogP) is 2.72. The molecule has 9 heteroatoms. The van der Waals surface area contributed by atoms with Crippen molar-refractivity contribution < 1.29 is 13.2 Å². The molecule has 162 valence electrons. The molecule has 0 unspecified atom stereocenters. The first-order valence-corrected chi connectivity index (χ1v) is 11.5. The van der Waals surface area contributed by atoms with E-state index in [0.717, 1.165) is 0 Å². The van der Waals surface area contributed by atoms with Crippen LogP contribution in [0.5, 0.6) is 0 Å². The van der Waals surface area contributed by atoms with E-state index in [2.05, 4.69) is 15.8 Å². The molecular weight excluding hydrogens is 426 g/mol. The molecule has 1 aliphatic heterocycles. The van der Waals surface area contributed by atoms with Crippen molar-refractivity contribution in [1.82, 2.24) is 9.88 Å². The molecule has 2 aromatic carbocycles. The summed E-state index contributed by atoms with van der Waals surface area (Å²) < 4.78 is 27.7. The molecule has 0 radical (unpaired) electrons. The Morgan fingerprint density at radius 2 is 1.62 bits per heavy atom. The zero-order valence-corrected chi connectivity index (χ0v) is 18.0. The quantitative estimate of drug-likeness (QED) is 0.645. The van der Waals surface area contributed by atoms with Gasteiger partial charge < -0.3 is 9.80 Å². The molecule has 1 saturated heterocycles. The highest BCUT2D eigenvalue weighted by atomic mass is 32.2. The number of hydrogen-bond acceptors (Lipinski definition) is 6. The Kier molecular flexibility index (Phi) is 6.05. The Morgan fingerprint density at radius 3 is 2.28 bits per heavy atom. The fourth-order valence-electron chi connectivity index (χ4n) is 3.54. The van der Waals surface area contributed by atoms with Crippen molar-refractivity contribution in [3.05, 3.63) is 84.1 Å². The Balaban J connectivity index is 1.41. The number of benzene rings is 2. The maximum Gasteiger partial charge on any atom is 0.261 e. The van der Waals surface area contributed by atoms with Crippen molar-refractivity contribution in [2.45, 2.75) is 4.90 Å². The van der Waals surface area contributed by atoms with Crippen molar-refractivity contribution >= 4 is 27.4 Å². The van der Waals surface area contributed by atoms with E-state index in [-0.39, 0.29) is 10.8 Å². The zero-order valence-electron chi connectivity index (χ0n) is 17.2. The Hall–Kier alpha value is -3.90. The van der Waals surface area contributed by atoms with E-state index < -0.39 is 10.0 Å². The van der Waals surface area contributed by atoms with Crippen molar-refractivity contribution in [3.63, 3.8) is 0 Å². The highest BCUT2D eigenvalue weighted by molar-refractivity contribution is 7.92. The molecular formula is C23H21N5O3S. The van der Waals surface area contributed by atoms with Gasteiger partial charge >= 0.3 is 0 Å². The van der Waals surface area contributed by atoms with Gasteiger partial charge in [-0.2, -0.15) is 5.26 Å². The summed E-state index contributed by atoms with van der Waals surface area (Å²) in [5, 5.41) is 9.27. The largest absolute Gasteiger partial charge is 0.352 e. The van der Waals surface area contributed by atoms with E-state index in [1.807, 2.05) is 4.90 Å². The fourth-order valence-corrected chi connectivity index (χ4v) is 4.60. The second-order valence-electron chi connectivity index (χ2n) is 7.26. The lowest BCUT2D eigenvalue weighted by Crippen LogP contribution is -2.49. The predicted molar refractivity (Wildman–Crippen MR) is 121 cm³/mol. The number of pyridine rings is 1. The third-order valence-corrected chi connectivity index (χ3v) is 6.61. The van der Waals surface area contributed by atoms with Gasteiger partial charge in [-0.3, -0.25) is 9.52 Å². The molecule has 32 heavy (non-hydrogen) atoms. The molecule has 0 bridgehead atoms. The van der Waals surface area contributed by atoms with E-state index in [9.17, 15) is 18.5 Å². The van der Waals surface area contributed by atoms with Crippen LogP contribution in [-0.4, -0.2) is 50.4 Å². The van der Waals surface area contributed by atoms with Crippen LogP contribution in [0, 0.1) is 11.3 Å². The minimum absolute atomic E-state index is 0.0851. The lowest BCUT2D eigenvalue weighted by atomic mass is 10.1. The van der Waals surface area contributed by atoms with Gasteiger partial charge in [0.25, 0.3) is 15.9 Å².